The number of hydroxylamine groups is 2. The number of alkyl halides is 3. The van der Waals surface area contributed by atoms with Crippen molar-refractivity contribution in [3.63, 3.8) is 0 Å². The molecule has 1 unspecified atom stereocenters. The molecule has 0 aliphatic carbocycles. The number of hydrogen-bond acceptors (Lipinski definition) is 5. The van der Waals surface area contributed by atoms with Gasteiger partial charge in [0, 0.05) is 31.0 Å². The summed E-state index contributed by atoms with van der Waals surface area (Å²) in [6.45, 7) is 0.711. The van der Waals surface area contributed by atoms with Crippen LogP contribution in [0.4, 0.5) is 13.2 Å². The average Bonchev–Trinajstić information content (AvgIpc) is 3.05. The smallest absolute Gasteiger partial charge is 0.406 e. The molecule has 0 bridgehead atoms. The zero-order valence-corrected chi connectivity index (χ0v) is 14.2. The van der Waals surface area contributed by atoms with Crippen LogP contribution >= 0.6 is 0 Å². The van der Waals surface area contributed by atoms with Crippen molar-refractivity contribution in [1.29, 1.82) is 0 Å². The third kappa shape index (κ3) is 5.18. The van der Waals surface area contributed by atoms with Gasteiger partial charge in [-0.2, -0.15) is 5.06 Å². The molecule has 3 rings (SSSR count). The van der Waals surface area contributed by atoms with Gasteiger partial charge in [0.25, 0.3) is 0 Å². The van der Waals surface area contributed by atoms with Crippen molar-refractivity contribution in [2.75, 3.05) is 6.54 Å². The molecule has 1 aromatic heterocycles. The van der Waals surface area contributed by atoms with Crippen LogP contribution in [-0.2, 0) is 11.3 Å². The molecular weight excluding hydrogens is 363 g/mol. The molecule has 1 fully saturated rings. The quantitative estimate of drug-likeness (QED) is 0.833. The maximum atomic E-state index is 12.2. The molecule has 9 heteroatoms. The number of ether oxygens (including phenoxy) is 1. The fraction of sp³-hybridized carbons (Fsp3) is 0.333. The highest BCUT2D eigenvalue weighted by molar-refractivity contribution is 5.81. The number of carbonyl (C=O) groups excluding carboxylic acids is 1. The fourth-order valence-corrected chi connectivity index (χ4v) is 2.92. The average molecular weight is 381 g/mol. The highest BCUT2D eigenvalue weighted by atomic mass is 19.4. The zero-order chi connectivity index (χ0) is 19.4. The van der Waals surface area contributed by atoms with Gasteiger partial charge in [-0.25, -0.2) is 0 Å². The number of carbonyl (C=O) groups is 1. The van der Waals surface area contributed by atoms with Crippen molar-refractivity contribution in [2.45, 2.75) is 31.8 Å². The molecule has 27 heavy (non-hydrogen) atoms. The van der Waals surface area contributed by atoms with Crippen LogP contribution in [0.5, 0.6) is 5.75 Å². The van der Waals surface area contributed by atoms with Gasteiger partial charge in [-0.15, -0.1) is 13.2 Å². The molecule has 1 aliphatic heterocycles. The number of hydrogen-bond donors (Lipinski definition) is 2. The van der Waals surface area contributed by atoms with Gasteiger partial charge < -0.3 is 15.3 Å². The van der Waals surface area contributed by atoms with E-state index < -0.39 is 12.4 Å². The van der Waals surface area contributed by atoms with E-state index in [1.165, 1.54) is 24.3 Å². The number of nitrogens with zero attached hydrogens (tertiary/aromatic N) is 2. The van der Waals surface area contributed by atoms with E-state index in [1.807, 2.05) is 0 Å². The first kappa shape index (κ1) is 19.1. The first-order valence-corrected chi connectivity index (χ1v) is 8.35. The minimum atomic E-state index is -4.73. The van der Waals surface area contributed by atoms with Gasteiger partial charge >= 0.3 is 6.36 Å². The van der Waals surface area contributed by atoms with Crippen molar-refractivity contribution < 1.29 is 27.9 Å². The number of rotatable bonds is 5. The number of pyridine rings is 1. The van der Waals surface area contributed by atoms with Gasteiger partial charge in [-0.3, -0.25) is 9.78 Å². The number of benzene rings is 1. The lowest BCUT2D eigenvalue weighted by Crippen LogP contribution is -2.41. The largest absolute Gasteiger partial charge is 0.573 e. The molecule has 2 aromatic rings. The van der Waals surface area contributed by atoms with E-state index in [4.69, 9.17) is 0 Å². The van der Waals surface area contributed by atoms with Crippen molar-refractivity contribution in [3.05, 3.63) is 48.3 Å². The summed E-state index contributed by atoms with van der Waals surface area (Å²) in [5, 5.41) is 13.4. The molecule has 144 valence electrons. The molecule has 2 N–H and O–H groups in total. The molecule has 1 aliphatic rings. The van der Waals surface area contributed by atoms with Crippen molar-refractivity contribution in [1.82, 2.24) is 15.4 Å². The van der Waals surface area contributed by atoms with E-state index in [0.29, 0.717) is 24.1 Å². The lowest BCUT2D eigenvalue weighted by Gasteiger charge is -2.17. The number of aromatic nitrogens is 1. The SMILES string of the molecule is O=C(NCc1cncc(-c2ccc(OC(F)(F)F)cc2)c1)C1CCCN1O. The van der Waals surface area contributed by atoms with Crippen LogP contribution in [0.1, 0.15) is 18.4 Å². The lowest BCUT2D eigenvalue weighted by molar-refractivity contribution is -0.274. The summed E-state index contributed by atoms with van der Waals surface area (Å²) in [6.07, 6.45) is -0.190. The Morgan fingerprint density at radius 3 is 2.63 bits per heavy atom. The molecule has 1 saturated heterocycles. The van der Waals surface area contributed by atoms with Gasteiger partial charge in [0.15, 0.2) is 0 Å². The second kappa shape index (κ2) is 7.93. The van der Waals surface area contributed by atoms with Gasteiger partial charge in [-0.05, 0) is 42.2 Å². The first-order valence-electron chi connectivity index (χ1n) is 8.35. The van der Waals surface area contributed by atoms with Crippen LogP contribution in [0, 0.1) is 0 Å². The Bertz CT molecular complexity index is 796. The van der Waals surface area contributed by atoms with E-state index in [-0.39, 0.29) is 18.2 Å². The van der Waals surface area contributed by atoms with Crippen LogP contribution in [0.3, 0.4) is 0 Å². The maximum Gasteiger partial charge on any atom is 0.573 e. The van der Waals surface area contributed by atoms with E-state index in [0.717, 1.165) is 17.0 Å². The molecule has 0 spiro atoms. The van der Waals surface area contributed by atoms with Crippen molar-refractivity contribution >= 4 is 5.91 Å². The molecule has 1 amide bonds. The summed E-state index contributed by atoms with van der Waals surface area (Å²) in [4.78, 5) is 16.2. The second-order valence-electron chi connectivity index (χ2n) is 6.19. The molecule has 2 heterocycles. The van der Waals surface area contributed by atoms with Crippen LogP contribution in [0.25, 0.3) is 11.1 Å². The Morgan fingerprint density at radius 1 is 1.26 bits per heavy atom. The maximum absolute atomic E-state index is 12.2. The minimum absolute atomic E-state index is 0.235. The van der Waals surface area contributed by atoms with E-state index in [9.17, 15) is 23.2 Å². The molecule has 0 radical (unpaired) electrons. The molecule has 6 nitrogen and oxygen atoms in total. The van der Waals surface area contributed by atoms with Crippen LogP contribution in [-0.4, -0.2) is 40.1 Å². The fourth-order valence-electron chi connectivity index (χ4n) is 2.92. The van der Waals surface area contributed by atoms with Crippen LogP contribution in [0.2, 0.25) is 0 Å². The highest BCUT2D eigenvalue weighted by Gasteiger charge is 2.31. The number of halogens is 3. The Labute approximate surface area is 153 Å². The summed E-state index contributed by atoms with van der Waals surface area (Å²) in [6, 6.07) is 6.71. The van der Waals surface area contributed by atoms with Crippen LogP contribution in [0.15, 0.2) is 42.7 Å². The Kier molecular flexibility index (Phi) is 5.62. The summed E-state index contributed by atoms with van der Waals surface area (Å²) >= 11 is 0. The lowest BCUT2D eigenvalue weighted by atomic mass is 10.1. The van der Waals surface area contributed by atoms with Crippen LogP contribution < -0.4 is 10.1 Å². The topological polar surface area (TPSA) is 74.7 Å². The minimum Gasteiger partial charge on any atom is -0.406 e. The molecular formula is C18H18F3N3O3. The monoisotopic (exact) mass is 381 g/mol. The third-order valence-corrected chi connectivity index (χ3v) is 4.21. The Morgan fingerprint density at radius 2 is 2.00 bits per heavy atom. The summed E-state index contributed by atoms with van der Waals surface area (Å²) < 4.78 is 40.5. The standard InChI is InChI=1S/C18H18F3N3O3/c19-18(20,21)27-15-5-3-13(4-6-15)14-8-12(9-22-11-14)10-23-17(25)16-2-1-7-24(16)26/h3-6,8-9,11,16,26H,1-2,7,10H2,(H,23,25). The molecule has 1 aromatic carbocycles. The Balaban J connectivity index is 1.64. The first-order chi connectivity index (χ1) is 12.8. The van der Waals surface area contributed by atoms with Crippen molar-refractivity contribution in [2.24, 2.45) is 0 Å². The van der Waals surface area contributed by atoms with Crippen molar-refractivity contribution in [3.8, 4) is 16.9 Å². The molecule has 0 saturated carbocycles. The second-order valence-corrected chi connectivity index (χ2v) is 6.19. The Hall–Kier alpha value is -2.65. The number of nitrogens with one attached hydrogen (secondary N) is 1. The van der Waals surface area contributed by atoms with E-state index in [2.05, 4.69) is 15.0 Å². The van der Waals surface area contributed by atoms with E-state index >= 15 is 0 Å². The predicted octanol–water partition coefficient (Wildman–Crippen LogP) is 3.12. The highest BCUT2D eigenvalue weighted by Crippen LogP contribution is 2.26. The van der Waals surface area contributed by atoms with Gasteiger partial charge in [0.2, 0.25) is 5.91 Å². The van der Waals surface area contributed by atoms with Gasteiger partial charge in [-0.1, -0.05) is 12.1 Å². The predicted molar refractivity (Wildman–Crippen MR) is 89.7 cm³/mol. The third-order valence-electron chi connectivity index (χ3n) is 4.21. The van der Waals surface area contributed by atoms with E-state index in [1.54, 1.807) is 18.5 Å². The van der Waals surface area contributed by atoms with Gasteiger partial charge in [0.05, 0.1) is 0 Å². The molecule has 1 atom stereocenters. The normalized spacial score (nSPS) is 17.7. The zero-order valence-electron chi connectivity index (χ0n) is 14.2. The summed E-state index contributed by atoms with van der Waals surface area (Å²) in [5.74, 6) is -0.554. The summed E-state index contributed by atoms with van der Waals surface area (Å²) in [7, 11) is 0. The summed E-state index contributed by atoms with van der Waals surface area (Å²) in [5.41, 5.74) is 2.10. The van der Waals surface area contributed by atoms with Gasteiger partial charge in [0.1, 0.15) is 11.8 Å². The number of amides is 1.